The summed E-state index contributed by atoms with van der Waals surface area (Å²) in [5, 5.41) is 5.68. The molecule has 1 heterocycles. The molecule has 3 amide bonds. The molecule has 0 unspecified atom stereocenters. The summed E-state index contributed by atoms with van der Waals surface area (Å²) in [6, 6.07) is 12.9. The molecule has 136 valence electrons. The van der Waals surface area contributed by atoms with Crippen LogP contribution in [0.3, 0.4) is 0 Å². The summed E-state index contributed by atoms with van der Waals surface area (Å²) in [5.41, 5.74) is 4.99. The summed E-state index contributed by atoms with van der Waals surface area (Å²) in [5.74, 6) is -0.0612. The van der Waals surface area contributed by atoms with Crippen molar-refractivity contribution in [1.82, 2.24) is 5.32 Å². The molecule has 26 heavy (non-hydrogen) atoms. The average Bonchev–Trinajstić information content (AvgIpc) is 2.95. The number of para-hydroxylation sites is 1. The summed E-state index contributed by atoms with van der Waals surface area (Å²) in [6.45, 7) is 6.69. The molecule has 2 aromatic rings. The highest BCUT2D eigenvalue weighted by Gasteiger charge is 2.33. The lowest BCUT2D eigenvalue weighted by molar-refractivity contribution is -0.118. The van der Waals surface area contributed by atoms with E-state index in [1.54, 1.807) is 4.90 Å². The smallest absolute Gasteiger partial charge is 0.319 e. The maximum Gasteiger partial charge on any atom is 0.319 e. The van der Waals surface area contributed by atoms with Gasteiger partial charge in [-0.05, 0) is 61.6 Å². The first-order valence-corrected chi connectivity index (χ1v) is 9.03. The number of nitrogens with one attached hydrogen (secondary N) is 2. The first-order chi connectivity index (χ1) is 12.5. The van der Waals surface area contributed by atoms with Crippen molar-refractivity contribution in [2.45, 2.75) is 39.7 Å². The summed E-state index contributed by atoms with van der Waals surface area (Å²) in [4.78, 5) is 26.8. The molecule has 3 rings (SSSR count). The van der Waals surface area contributed by atoms with Crippen LogP contribution in [0.25, 0.3) is 0 Å². The number of benzene rings is 2. The Morgan fingerprint density at radius 2 is 1.85 bits per heavy atom. The van der Waals surface area contributed by atoms with Gasteiger partial charge in [-0.25, -0.2) is 4.79 Å². The van der Waals surface area contributed by atoms with Crippen LogP contribution in [0, 0.1) is 13.8 Å². The van der Waals surface area contributed by atoms with E-state index in [2.05, 4.69) is 16.7 Å². The summed E-state index contributed by atoms with van der Waals surface area (Å²) in [6.07, 6.45) is 1.44. The van der Waals surface area contributed by atoms with Gasteiger partial charge in [-0.1, -0.05) is 31.2 Å². The standard InChI is InChI=1S/C21H25N3O2/c1-4-16-7-5-6-8-18(16)22-21(26)23-19-9-10-24(20(19)25)17-12-14(2)11-15(3)13-17/h5-8,11-13,19H,4,9-10H2,1-3H3,(H2,22,23,26)/t19-/m1/s1. The van der Waals surface area contributed by atoms with Crippen molar-refractivity contribution in [3.05, 3.63) is 59.2 Å². The van der Waals surface area contributed by atoms with Crippen LogP contribution in [0.5, 0.6) is 0 Å². The van der Waals surface area contributed by atoms with Gasteiger partial charge < -0.3 is 15.5 Å². The van der Waals surface area contributed by atoms with E-state index >= 15 is 0 Å². The largest absolute Gasteiger partial charge is 0.326 e. The van der Waals surface area contributed by atoms with Gasteiger partial charge in [0, 0.05) is 17.9 Å². The predicted molar refractivity (Wildman–Crippen MR) is 105 cm³/mol. The maximum atomic E-state index is 12.7. The van der Waals surface area contributed by atoms with Crippen molar-refractivity contribution in [3.63, 3.8) is 0 Å². The van der Waals surface area contributed by atoms with Crippen molar-refractivity contribution in [1.29, 1.82) is 0 Å². The summed E-state index contributed by atoms with van der Waals surface area (Å²) in [7, 11) is 0. The van der Waals surface area contributed by atoms with Crippen LogP contribution in [0.2, 0.25) is 0 Å². The van der Waals surface area contributed by atoms with Gasteiger partial charge in [0.2, 0.25) is 5.91 Å². The molecule has 1 fully saturated rings. The Labute approximate surface area is 154 Å². The summed E-state index contributed by atoms with van der Waals surface area (Å²) >= 11 is 0. The molecule has 0 saturated carbocycles. The third-order valence-corrected chi connectivity index (χ3v) is 4.68. The van der Waals surface area contributed by atoms with Crippen LogP contribution < -0.4 is 15.5 Å². The molecule has 5 nitrogen and oxygen atoms in total. The number of anilines is 2. The van der Waals surface area contributed by atoms with Crippen LogP contribution in [0.4, 0.5) is 16.2 Å². The van der Waals surface area contributed by atoms with Crippen LogP contribution in [-0.4, -0.2) is 24.5 Å². The van der Waals surface area contributed by atoms with Gasteiger partial charge in [-0.15, -0.1) is 0 Å². The Morgan fingerprint density at radius 1 is 1.15 bits per heavy atom. The average molecular weight is 351 g/mol. The van der Waals surface area contributed by atoms with E-state index in [-0.39, 0.29) is 11.9 Å². The Bertz CT molecular complexity index is 812. The number of carbonyl (C=O) groups is 2. The quantitative estimate of drug-likeness (QED) is 0.880. The number of nitrogens with zero attached hydrogens (tertiary/aromatic N) is 1. The molecular weight excluding hydrogens is 326 g/mol. The van der Waals surface area contributed by atoms with Gasteiger partial charge in [0.15, 0.2) is 0 Å². The van der Waals surface area contributed by atoms with E-state index in [9.17, 15) is 9.59 Å². The van der Waals surface area contributed by atoms with Gasteiger partial charge in [0.05, 0.1) is 0 Å². The van der Waals surface area contributed by atoms with E-state index in [0.29, 0.717) is 13.0 Å². The highest BCUT2D eigenvalue weighted by Crippen LogP contribution is 2.24. The first-order valence-electron chi connectivity index (χ1n) is 9.03. The van der Waals surface area contributed by atoms with Crippen molar-refractivity contribution >= 4 is 23.3 Å². The van der Waals surface area contributed by atoms with E-state index in [0.717, 1.165) is 34.5 Å². The van der Waals surface area contributed by atoms with Crippen molar-refractivity contribution in [2.24, 2.45) is 0 Å². The number of amides is 3. The number of hydrogen-bond donors (Lipinski definition) is 2. The molecule has 1 saturated heterocycles. The Hall–Kier alpha value is -2.82. The third kappa shape index (κ3) is 3.87. The minimum atomic E-state index is -0.496. The molecular formula is C21H25N3O2. The lowest BCUT2D eigenvalue weighted by atomic mass is 10.1. The van der Waals surface area contributed by atoms with Crippen molar-refractivity contribution in [3.8, 4) is 0 Å². The topological polar surface area (TPSA) is 61.4 Å². The zero-order chi connectivity index (χ0) is 18.7. The van der Waals surface area contributed by atoms with E-state index in [4.69, 9.17) is 0 Å². The van der Waals surface area contributed by atoms with E-state index in [1.807, 2.05) is 57.2 Å². The minimum absolute atomic E-state index is 0.0612. The Morgan fingerprint density at radius 3 is 2.54 bits per heavy atom. The van der Waals surface area contributed by atoms with E-state index < -0.39 is 6.04 Å². The fourth-order valence-corrected chi connectivity index (χ4v) is 3.44. The zero-order valence-electron chi connectivity index (χ0n) is 15.5. The van der Waals surface area contributed by atoms with Crippen LogP contribution in [0.1, 0.15) is 30.0 Å². The monoisotopic (exact) mass is 351 g/mol. The second-order valence-electron chi connectivity index (χ2n) is 6.79. The van der Waals surface area contributed by atoms with E-state index in [1.165, 1.54) is 0 Å². The van der Waals surface area contributed by atoms with Gasteiger partial charge in [-0.2, -0.15) is 0 Å². The second kappa shape index (κ2) is 7.60. The number of carbonyl (C=O) groups excluding carboxylic acids is 2. The minimum Gasteiger partial charge on any atom is -0.326 e. The van der Waals surface area contributed by atoms with Crippen molar-refractivity contribution < 1.29 is 9.59 Å². The molecule has 0 spiro atoms. The molecule has 0 bridgehead atoms. The Balaban J connectivity index is 1.66. The van der Waals surface area contributed by atoms with Crippen LogP contribution in [0.15, 0.2) is 42.5 Å². The van der Waals surface area contributed by atoms with Gasteiger partial charge in [-0.3, -0.25) is 4.79 Å². The second-order valence-corrected chi connectivity index (χ2v) is 6.79. The number of urea groups is 1. The molecule has 1 atom stereocenters. The van der Waals surface area contributed by atoms with Gasteiger partial charge in [0.1, 0.15) is 6.04 Å². The molecule has 0 radical (unpaired) electrons. The number of hydrogen-bond acceptors (Lipinski definition) is 2. The molecule has 0 aliphatic carbocycles. The lowest BCUT2D eigenvalue weighted by Crippen LogP contribution is -2.43. The van der Waals surface area contributed by atoms with Crippen molar-refractivity contribution in [2.75, 3.05) is 16.8 Å². The van der Waals surface area contributed by atoms with Crippen LogP contribution >= 0.6 is 0 Å². The third-order valence-electron chi connectivity index (χ3n) is 4.68. The maximum absolute atomic E-state index is 12.7. The molecule has 1 aliphatic heterocycles. The molecule has 0 aromatic heterocycles. The summed E-state index contributed by atoms with van der Waals surface area (Å²) < 4.78 is 0. The lowest BCUT2D eigenvalue weighted by Gasteiger charge is -2.19. The SMILES string of the molecule is CCc1ccccc1NC(=O)N[C@@H]1CCN(c2cc(C)cc(C)c2)C1=O. The Kier molecular flexibility index (Phi) is 5.26. The fourth-order valence-electron chi connectivity index (χ4n) is 3.44. The molecule has 2 aromatic carbocycles. The molecule has 1 aliphatic rings. The zero-order valence-corrected chi connectivity index (χ0v) is 15.5. The molecule has 5 heteroatoms. The normalized spacial score (nSPS) is 16.7. The van der Waals surface area contributed by atoms with Crippen LogP contribution in [-0.2, 0) is 11.2 Å². The highest BCUT2D eigenvalue weighted by molar-refractivity contribution is 6.02. The highest BCUT2D eigenvalue weighted by atomic mass is 16.2. The fraction of sp³-hybridized carbons (Fsp3) is 0.333. The number of aryl methyl sites for hydroxylation is 3. The predicted octanol–water partition coefficient (Wildman–Crippen LogP) is 3.79. The molecule has 2 N–H and O–H groups in total. The van der Waals surface area contributed by atoms with Gasteiger partial charge in [0.25, 0.3) is 0 Å². The first kappa shape index (κ1) is 18.0. The number of rotatable bonds is 4. The van der Waals surface area contributed by atoms with Gasteiger partial charge >= 0.3 is 6.03 Å².